The Bertz CT molecular complexity index is 1060. The van der Waals surface area contributed by atoms with E-state index in [1.165, 1.54) is 34.0 Å². The minimum atomic E-state index is -1.14. The van der Waals surface area contributed by atoms with Gasteiger partial charge >= 0.3 is 11.9 Å². The largest absolute Gasteiger partial charge is 0.479 e. The van der Waals surface area contributed by atoms with Crippen molar-refractivity contribution >= 4 is 41.9 Å². The third-order valence-electron chi connectivity index (χ3n) is 7.19. The lowest BCUT2D eigenvalue weighted by atomic mass is 9.59. The molecule has 2 unspecified atom stereocenters. The number of carboxylic acid groups (broad SMARTS) is 2. The average molecular weight is 527 g/mol. The predicted molar refractivity (Wildman–Crippen MR) is 127 cm³/mol. The van der Waals surface area contributed by atoms with E-state index in [1.807, 2.05) is 6.92 Å². The summed E-state index contributed by atoms with van der Waals surface area (Å²) in [5, 5.41) is 37.0. The summed E-state index contributed by atoms with van der Waals surface area (Å²) in [4.78, 5) is 53.0. The lowest BCUT2D eigenvalue weighted by Gasteiger charge is -2.60. The summed E-state index contributed by atoms with van der Waals surface area (Å²) in [6.07, 6.45) is 1.82. The Morgan fingerprint density at radius 3 is 2.50 bits per heavy atom. The quantitative estimate of drug-likeness (QED) is 0.116. The van der Waals surface area contributed by atoms with Crippen molar-refractivity contribution < 1.29 is 44.3 Å². The zero-order chi connectivity index (χ0) is 27.0. The van der Waals surface area contributed by atoms with Crippen LogP contribution in [-0.4, -0.2) is 103 Å². The van der Waals surface area contributed by atoms with Crippen molar-refractivity contribution in [2.75, 3.05) is 18.9 Å². The molecule has 4 rings (SSSR count). The van der Waals surface area contributed by atoms with Gasteiger partial charge in [0.1, 0.15) is 11.5 Å². The monoisotopic (exact) mass is 526 g/mol. The molecule has 0 saturated carbocycles. The Balaban J connectivity index is 0.000000221. The van der Waals surface area contributed by atoms with Gasteiger partial charge in [0.2, 0.25) is 11.8 Å². The second kappa shape index (κ2) is 10.1. The number of carboxylic acids is 2. The van der Waals surface area contributed by atoms with E-state index >= 15 is 0 Å². The summed E-state index contributed by atoms with van der Waals surface area (Å²) in [6.45, 7) is 5.28. The first-order valence-electron chi connectivity index (χ1n) is 11.2. The maximum atomic E-state index is 12.5. The molecular formula is C22H30N4O9S. The van der Waals surface area contributed by atoms with E-state index in [-0.39, 0.29) is 36.3 Å². The van der Waals surface area contributed by atoms with Crippen LogP contribution >= 0.6 is 11.8 Å². The molecule has 13 nitrogen and oxygen atoms in total. The van der Waals surface area contributed by atoms with Crippen LogP contribution in [0.25, 0.3) is 0 Å². The fourth-order valence-electron chi connectivity index (χ4n) is 4.92. The zero-order valence-electron chi connectivity index (χ0n) is 20.1. The van der Waals surface area contributed by atoms with Gasteiger partial charge in [-0.15, -0.1) is 11.8 Å². The van der Waals surface area contributed by atoms with E-state index in [9.17, 15) is 29.4 Å². The number of aliphatic carboxylic acids is 2. The number of carbonyl (C=O) groups is 4. The van der Waals surface area contributed by atoms with E-state index in [0.29, 0.717) is 23.6 Å². The Kier molecular flexibility index (Phi) is 7.72. The van der Waals surface area contributed by atoms with Crippen molar-refractivity contribution in [3.63, 3.8) is 0 Å². The molecule has 0 radical (unpaired) electrons. The Hall–Kier alpha value is -3.10. The molecule has 0 aromatic carbocycles. The van der Waals surface area contributed by atoms with Crippen LogP contribution in [0.5, 0.6) is 0 Å². The summed E-state index contributed by atoms with van der Waals surface area (Å²) in [7, 11) is 0. The first-order valence-corrected chi connectivity index (χ1v) is 12.2. The van der Waals surface area contributed by atoms with Gasteiger partial charge in [0, 0.05) is 17.1 Å². The molecule has 3 fully saturated rings. The van der Waals surface area contributed by atoms with Crippen molar-refractivity contribution in [2.24, 2.45) is 16.1 Å². The number of ether oxygens (including phenoxy) is 1. The van der Waals surface area contributed by atoms with Crippen LogP contribution in [0.15, 0.2) is 27.4 Å². The molecule has 0 bridgehead atoms. The van der Waals surface area contributed by atoms with Gasteiger partial charge in [-0.25, -0.2) is 9.59 Å². The standard InChI is InChI=1S/C14H21N3O4S.C8H9NO5/c1-8(18)14(3)12(21)17-10(11(19)20)9(6-13(14,17)2)22-5-4-16-7-15;10-2-1-4-7(8(12)13)9-5(11)3-6(9)14-4/h7-8,18H,4-6H2,1-3H3,(H2,15,16)(H,19,20);1,6-7,10H,2-3H2,(H,12,13)/t8-,13-,14+;/m1./s1. The third kappa shape index (κ3) is 4.12. The van der Waals surface area contributed by atoms with Gasteiger partial charge in [0.25, 0.3) is 0 Å². The molecule has 0 aromatic heterocycles. The highest BCUT2D eigenvalue weighted by Crippen LogP contribution is 2.60. The zero-order valence-corrected chi connectivity index (χ0v) is 20.9. The molecular weight excluding hydrogens is 496 g/mol. The van der Waals surface area contributed by atoms with Gasteiger partial charge in [-0.05, 0) is 26.8 Å². The van der Waals surface area contributed by atoms with Crippen LogP contribution in [-0.2, 0) is 23.9 Å². The molecule has 5 atom stereocenters. The summed E-state index contributed by atoms with van der Waals surface area (Å²) < 4.78 is 5.17. The third-order valence-corrected chi connectivity index (χ3v) is 8.26. The maximum Gasteiger partial charge on any atom is 0.353 e. The number of hydrogen-bond acceptors (Lipinski definition) is 9. The number of fused-ring (bicyclic) bond motifs is 2. The number of nitrogens with zero attached hydrogens (tertiary/aromatic N) is 3. The topological polar surface area (TPSA) is 203 Å². The maximum absolute atomic E-state index is 12.5. The van der Waals surface area contributed by atoms with E-state index in [0.717, 1.165) is 0 Å². The summed E-state index contributed by atoms with van der Waals surface area (Å²) >= 11 is 1.37. The van der Waals surface area contributed by atoms with Crippen molar-refractivity contribution in [3.05, 3.63) is 22.4 Å². The molecule has 4 aliphatic heterocycles. The minimum absolute atomic E-state index is 0.0346. The second-order valence-electron chi connectivity index (χ2n) is 9.06. The highest BCUT2D eigenvalue weighted by atomic mass is 32.2. The predicted octanol–water partition coefficient (Wildman–Crippen LogP) is -0.701. The Morgan fingerprint density at radius 1 is 1.33 bits per heavy atom. The number of thioether (sulfide) groups is 1. The molecule has 2 amide bonds. The van der Waals surface area contributed by atoms with Crippen LogP contribution in [0.3, 0.4) is 0 Å². The highest BCUT2D eigenvalue weighted by Gasteiger charge is 2.72. The summed E-state index contributed by atoms with van der Waals surface area (Å²) in [5.74, 6) is -2.09. The van der Waals surface area contributed by atoms with Crippen LogP contribution in [0.4, 0.5) is 0 Å². The highest BCUT2D eigenvalue weighted by molar-refractivity contribution is 8.03. The summed E-state index contributed by atoms with van der Waals surface area (Å²) in [5.41, 5.74) is 3.54. The van der Waals surface area contributed by atoms with Gasteiger partial charge in [-0.3, -0.25) is 24.4 Å². The van der Waals surface area contributed by atoms with Crippen LogP contribution in [0.1, 0.15) is 33.6 Å². The van der Waals surface area contributed by atoms with E-state index in [2.05, 4.69) is 4.99 Å². The first kappa shape index (κ1) is 27.5. The van der Waals surface area contributed by atoms with E-state index in [4.69, 9.17) is 20.7 Å². The van der Waals surface area contributed by atoms with Crippen LogP contribution in [0.2, 0.25) is 0 Å². The minimum Gasteiger partial charge on any atom is -0.479 e. The number of β-lactam (4-membered cyclic amide) rings is 2. The smallest absolute Gasteiger partial charge is 0.353 e. The molecule has 4 aliphatic rings. The molecule has 0 aromatic rings. The van der Waals surface area contributed by atoms with Crippen LogP contribution in [0, 0.1) is 5.41 Å². The summed E-state index contributed by atoms with van der Waals surface area (Å²) in [6, 6.07) is -1.06. The molecule has 198 valence electrons. The molecule has 0 spiro atoms. The molecule has 0 aliphatic carbocycles. The lowest BCUT2D eigenvalue weighted by molar-refractivity contribution is -0.196. The number of rotatable bonds is 8. The fourth-order valence-corrected chi connectivity index (χ4v) is 6.06. The average Bonchev–Trinajstić information content (AvgIpc) is 3.26. The van der Waals surface area contributed by atoms with Gasteiger partial charge in [0.15, 0.2) is 12.3 Å². The van der Waals surface area contributed by atoms with Crippen molar-refractivity contribution in [2.45, 2.75) is 57.5 Å². The molecule has 36 heavy (non-hydrogen) atoms. The van der Waals surface area contributed by atoms with Gasteiger partial charge in [-0.1, -0.05) is 0 Å². The Labute approximate surface area is 211 Å². The number of aliphatic hydroxyl groups excluding tert-OH is 2. The number of hydrogen-bond donors (Lipinski definition) is 5. The first-order chi connectivity index (χ1) is 16.9. The number of carbonyl (C=O) groups excluding carboxylic acids is 2. The molecule has 6 N–H and O–H groups in total. The molecule has 14 heteroatoms. The normalized spacial score (nSPS) is 32.4. The van der Waals surface area contributed by atoms with Gasteiger partial charge in [-0.2, -0.15) is 0 Å². The number of aliphatic imine (C=N–C) groups is 1. The van der Waals surface area contributed by atoms with Crippen molar-refractivity contribution in [1.29, 1.82) is 0 Å². The molecule has 3 saturated heterocycles. The van der Waals surface area contributed by atoms with Gasteiger partial charge in [0.05, 0.1) is 43.0 Å². The number of aliphatic hydroxyl groups is 2. The fraction of sp³-hybridized carbons (Fsp3) is 0.591. The van der Waals surface area contributed by atoms with E-state index < -0.39 is 41.3 Å². The number of amides is 2. The number of nitrogens with two attached hydrogens (primary N) is 1. The van der Waals surface area contributed by atoms with E-state index in [1.54, 1.807) is 13.8 Å². The SMILES string of the molecule is C[C@@H](O)[C@@]1(C)C(=O)N2C(C(=O)O)=C(SCCN=CN)C[C@@]21C.O=C(O)C1C(=CCO)OC2CC(=O)N21. The van der Waals surface area contributed by atoms with Crippen molar-refractivity contribution in [1.82, 2.24) is 9.80 Å². The lowest BCUT2D eigenvalue weighted by Crippen LogP contribution is -2.76. The van der Waals surface area contributed by atoms with Gasteiger partial charge < -0.3 is 30.9 Å². The Morgan fingerprint density at radius 2 is 2.00 bits per heavy atom. The van der Waals surface area contributed by atoms with Crippen molar-refractivity contribution in [3.8, 4) is 0 Å². The second-order valence-corrected chi connectivity index (χ2v) is 10.2. The molecule has 4 heterocycles. The van der Waals surface area contributed by atoms with Crippen LogP contribution < -0.4 is 5.73 Å².